The molecule has 0 rings (SSSR count). The quantitative estimate of drug-likeness (QED) is 0.472. The molecule has 0 saturated carbocycles. The maximum absolute atomic E-state index is 10.4. The van der Waals surface area contributed by atoms with E-state index < -0.39 is 0 Å². The van der Waals surface area contributed by atoms with E-state index in [1.54, 1.807) is 6.92 Å². The Kier molecular flexibility index (Phi) is 3.24. The molecule has 1 nitrogen and oxygen atoms in total. The summed E-state index contributed by atoms with van der Waals surface area (Å²) in [5.41, 5.74) is 0. The minimum absolute atomic E-state index is 0.0741. The van der Waals surface area contributed by atoms with Crippen LogP contribution >= 0.6 is 24.8 Å². The van der Waals surface area contributed by atoms with Gasteiger partial charge in [-0.3, -0.25) is 4.79 Å². The topological polar surface area (TPSA) is 17.1 Å². The molecule has 0 heterocycles. The number of hydrogen-bond acceptors (Lipinski definition) is 2. The Bertz CT molecular complexity index is 106. The zero-order chi connectivity index (χ0) is 6.73. The third-order valence-corrected chi connectivity index (χ3v) is 1.72. The number of thiol groups is 1. The minimum Gasteiger partial charge on any atom is -0.299 e. The first-order valence-corrected chi connectivity index (χ1v) is 3.14. The molecular weight excluding hydrogens is 140 g/mol. The van der Waals surface area contributed by atoms with E-state index in [0.717, 1.165) is 0 Å². The Morgan fingerprint density at radius 3 is 2.12 bits per heavy atom. The molecule has 8 heavy (non-hydrogen) atoms. The highest BCUT2D eigenvalue weighted by Crippen LogP contribution is 2.02. The summed E-state index contributed by atoms with van der Waals surface area (Å²) in [6.07, 6.45) is 0. The molecule has 0 bridgehead atoms. The lowest BCUT2D eigenvalue weighted by molar-refractivity contribution is -0.118. The number of ketones is 1. The van der Waals surface area contributed by atoms with Gasteiger partial charge in [0.2, 0.25) is 0 Å². The molecule has 0 aliphatic rings. The smallest absolute Gasteiger partial charge is 0.138 e. The summed E-state index contributed by atoms with van der Waals surface area (Å²) in [5, 5.41) is 0. The molecule has 0 radical (unpaired) electrons. The number of thiocarbonyl (C=S) groups is 1. The Labute approximate surface area is 59.9 Å². The van der Waals surface area contributed by atoms with Gasteiger partial charge >= 0.3 is 0 Å². The van der Waals surface area contributed by atoms with E-state index in [1.807, 2.05) is 0 Å². The lowest BCUT2D eigenvalue weighted by atomic mass is 10.1. The highest BCUT2D eigenvalue weighted by atomic mass is 32.1. The Morgan fingerprint density at radius 2 is 2.12 bits per heavy atom. The average molecular weight is 148 g/mol. The van der Waals surface area contributed by atoms with E-state index in [0.29, 0.717) is 4.20 Å². The van der Waals surface area contributed by atoms with Gasteiger partial charge in [-0.05, 0) is 6.92 Å². The summed E-state index contributed by atoms with van der Waals surface area (Å²) in [6.45, 7) is 3.25. The van der Waals surface area contributed by atoms with Gasteiger partial charge in [0.1, 0.15) is 5.78 Å². The Morgan fingerprint density at radius 1 is 1.75 bits per heavy atom. The molecule has 0 aromatic rings. The van der Waals surface area contributed by atoms with E-state index in [1.165, 1.54) is 6.92 Å². The molecule has 0 fully saturated rings. The van der Waals surface area contributed by atoms with Gasteiger partial charge < -0.3 is 0 Å². The fourth-order valence-electron chi connectivity index (χ4n) is 0.174. The molecule has 1 atom stereocenters. The second kappa shape index (κ2) is 3.20. The molecule has 0 amide bonds. The van der Waals surface area contributed by atoms with Gasteiger partial charge in [-0.2, -0.15) is 0 Å². The van der Waals surface area contributed by atoms with Crippen molar-refractivity contribution >= 4 is 34.8 Å². The standard InChI is InChI=1S/C5H8OS2/c1-3(4(2)6)5(7)8/h3H,1-2H3,(H,7,8). The fourth-order valence-corrected chi connectivity index (χ4v) is 0.522. The summed E-state index contributed by atoms with van der Waals surface area (Å²) in [5.74, 6) is -0.0988. The Hall–Kier alpha value is 0.110. The van der Waals surface area contributed by atoms with Gasteiger partial charge in [-0.15, -0.1) is 12.6 Å². The van der Waals surface area contributed by atoms with Gasteiger partial charge in [0.05, 0.1) is 10.1 Å². The molecular formula is C5H8OS2. The zero-order valence-corrected chi connectivity index (χ0v) is 6.55. The van der Waals surface area contributed by atoms with E-state index in [-0.39, 0.29) is 11.7 Å². The average Bonchev–Trinajstić information content (AvgIpc) is 1.64. The fraction of sp³-hybridized carbons (Fsp3) is 0.600. The normalized spacial score (nSPS) is 12.9. The highest BCUT2D eigenvalue weighted by Gasteiger charge is 2.08. The molecule has 0 aliphatic heterocycles. The van der Waals surface area contributed by atoms with Crippen LogP contribution in [0.4, 0.5) is 0 Å². The molecule has 46 valence electrons. The van der Waals surface area contributed by atoms with Crippen LogP contribution in [0.15, 0.2) is 0 Å². The molecule has 0 saturated heterocycles. The summed E-state index contributed by atoms with van der Waals surface area (Å²) in [4.78, 5) is 10.4. The summed E-state index contributed by atoms with van der Waals surface area (Å²) < 4.78 is 0.470. The molecule has 3 heteroatoms. The van der Waals surface area contributed by atoms with E-state index in [4.69, 9.17) is 0 Å². The third-order valence-electron chi connectivity index (χ3n) is 0.980. The SMILES string of the molecule is CC(=O)C(C)C(=S)S. The first-order chi connectivity index (χ1) is 3.55. The van der Waals surface area contributed by atoms with Crippen molar-refractivity contribution in [3.8, 4) is 0 Å². The van der Waals surface area contributed by atoms with Crippen molar-refractivity contribution in [2.75, 3.05) is 0 Å². The first kappa shape index (κ1) is 8.11. The van der Waals surface area contributed by atoms with Crippen molar-refractivity contribution < 1.29 is 4.79 Å². The first-order valence-electron chi connectivity index (χ1n) is 2.29. The minimum atomic E-state index is -0.173. The molecule has 0 aromatic heterocycles. The van der Waals surface area contributed by atoms with Gasteiger partial charge in [-0.25, -0.2) is 0 Å². The van der Waals surface area contributed by atoms with Crippen molar-refractivity contribution in [2.45, 2.75) is 13.8 Å². The molecule has 0 spiro atoms. The van der Waals surface area contributed by atoms with E-state index in [9.17, 15) is 4.79 Å². The molecule has 0 N–H and O–H groups in total. The van der Waals surface area contributed by atoms with Crippen LogP contribution in [0.1, 0.15) is 13.8 Å². The van der Waals surface area contributed by atoms with Crippen molar-refractivity contribution in [3.63, 3.8) is 0 Å². The van der Waals surface area contributed by atoms with Crippen LogP contribution in [0.3, 0.4) is 0 Å². The van der Waals surface area contributed by atoms with Crippen LogP contribution in [0.2, 0.25) is 0 Å². The predicted molar refractivity (Wildman–Crippen MR) is 41.4 cm³/mol. The van der Waals surface area contributed by atoms with Crippen LogP contribution in [-0.2, 0) is 4.79 Å². The maximum Gasteiger partial charge on any atom is 0.138 e. The van der Waals surface area contributed by atoms with Crippen LogP contribution < -0.4 is 0 Å². The van der Waals surface area contributed by atoms with Gasteiger partial charge in [0.25, 0.3) is 0 Å². The second-order valence-electron chi connectivity index (χ2n) is 1.67. The number of carbonyl (C=O) groups excluding carboxylic acids is 1. The van der Waals surface area contributed by atoms with E-state index in [2.05, 4.69) is 24.8 Å². The summed E-state index contributed by atoms with van der Waals surface area (Å²) in [7, 11) is 0. The number of hydrogen-bond donors (Lipinski definition) is 1. The van der Waals surface area contributed by atoms with Crippen molar-refractivity contribution in [1.29, 1.82) is 0 Å². The zero-order valence-electron chi connectivity index (χ0n) is 4.84. The van der Waals surface area contributed by atoms with E-state index >= 15 is 0 Å². The molecule has 1 unspecified atom stereocenters. The van der Waals surface area contributed by atoms with Crippen molar-refractivity contribution in [1.82, 2.24) is 0 Å². The van der Waals surface area contributed by atoms with Crippen LogP contribution in [0.5, 0.6) is 0 Å². The highest BCUT2D eigenvalue weighted by molar-refractivity contribution is 8.11. The number of carbonyl (C=O) groups is 1. The van der Waals surface area contributed by atoms with Gasteiger partial charge in [0.15, 0.2) is 0 Å². The number of Topliss-reactive ketones (excluding diaryl/α,β-unsaturated/α-hetero) is 1. The maximum atomic E-state index is 10.4. The lowest BCUT2D eigenvalue weighted by Crippen LogP contribution is -2.11. The largest absolute Gasteiger partial charge is 0.299 e. The van der Waals surface area contributed by atoms with Crippen LogP contribution in [0, 0.1) is 5.92 Å². The predicted octanol–water partition coefficient (Wildman–Crippen LogP) is 1.47. The molecule has 0 aromatic carbocycles. The summed E-state index contributed by atoms with van der Waals surface area (Å²) in [6, 6.07) is 0. The van der Waals surface area contributed by atoms with Gasteiger partial charge in [0, 0.05) is 0 Å². The van der Waals surface area contributed by atoms with Crippen molar-refractivity contribution in [2.24, 2.45) is 5.92 Å². The second-order valence-corrected chi connectivity index (χ2v) is 2.89. The Balaban J connectivity index is 3.83. The third kappa shape index (κ3) is 2.43. The number of rotatable bonds is 2. The van der Waals surface area contributed by atoms with Crippen LogP contribution in [0.25, 0.3) is 0 Å². The van der Waals surface area contributed by atoms with Gasteiger partial charge in [-0.1, -0.05) is 19.1 Å². The van der Waals surface area contributed by atoms with Crippen LogP contribution in [-0.4, -0.2) is 9.98 Å². The summed E-state index contributed by atoms with van der Waals surface area (Å²) >= 11 is 8.48. The van der Waals surface area contributed by atoms with Crippen molar-refractivity contribution in [3.05, 3.63) is 0 Å². The lowest BCUT2D eigenvalue weighted by Gasteiger charge is -2.00. The monoisotopic (exact) mass is 148 g/mol. The molecule has 0 aliphatic carbocycles.